The van der Waals surface area contributed by atoms with Crippen LogP contribution in [0.2, 0.25) is 0 Å². The molecule has 2 unspecified atom stereocenters. The third-order valence-electron chi connectivity index (χ3n) is 4.31. The summed E-state index contributed by atoms with van der Waals surface area (Å²) in [6.07, 6.45) is 6.34. The third-order valence-corrected chi connectivity index (χ3v) is 4.31. The lowest BCUT2D eigenvalue weighted by Crippen LogP contribution is -2.64. The number of hydrogen-bond acceptors (Lipinski definition) is 2. The molecule has 1 N–H and O–H groups in total. The Morgan fingerprint density at radius 3 is 2.37 bits per heavy atom. The Kier molecular flexibility index (Phi) is 3.11. The zero-order valence-corrected chi connectivity index (χ0v) is 11.7. The van der Waals surface area contributed by atoms with Gasteiger partial charge < -0.3 is 10.2 Å². The predicted octanol–water partition coefficient (Wildman–Crippen LogP) is 1.47. The van der Waals surface area contributed by atoms with Gasteiger partial charge in [-0.15, -0.1) is 0 Å². The van der Waals surface area contributed by atoms with Crippen molar-refractivity contribution in [1.29, 1.82) is 0 Å². The third kappa shape index (κ3) is 2.53. The van der Waals surface area contributed by atoms with Gasteiger partial charge in [0.1, 0.15) is 12.1 Å². The van der Waals surface area contributed by atoms with E-state index in [4.69, 9.17) is 0 Å². The summed E-state index contributed by atoms with van der Waals surface area (Å²) in [6.45, 7) is 4.64. The number of rotatable bonds is 4. The molecule has 0 bridgehead atoms. The Balaban J connectivity index is 1.81. The minimum absolute atomic E-state index is 0.0705. The van der Waals surface area contributed by atoms with Crippen molar-refractivity contribution in [2.45, 2.75) is 51.6 Å². The number of allylic oxidation sites excluding steroid dienone is 1. The molecule has 3 aliphatic rings. The number of carbonyl (C=O) groups is 2. The van der Waals surface area contributed by atoms with Gasteiger partial charge in [-0.1, -0.05) is 11.6 Å². The van der Waals surface area contributed by atoms with E-state index in [0.717, 1.165) is 25.7 Å². The van der Waals surface area contributed by atoms with Crippen molar-refractivity contribution in [3.05, 3.63) is 11.6 Å². The quantitative estimate of drug-likeness (QED) is 0.780. The molecule has 3 fully saturated rings. The second-order valence-corrected chi connectivity index (χ2v) is 6.38. The highest BCUT2D eigenvalue weighted by Crippen LogP contribution is 2.40. The van der Waals surface area contributed by atoms with Gasteiger partial charge in [-0.3, -0.25) is 9.59 Å². The fourth-order valence-corrected chi connectivity index (χ4v) is 2.87. The maximum absolute atomic E-state index is 12.6. The molecular formula is C15H22N2O2. The van der Waals surface area contributed by atoms with Gasteiger partial charge in [-0.25, -0.2) is 0 Å². The second kappa shape index (κ2) is 4.66. The van der Waals surface area contributed by atoms with E-state index >= 15 is 0 Å². The summed E-state index contributed by atoms with van der Waals surface area (Å²) < 4.78 is 0. The molecule has 0 aromatic heterocycles. The number of nitrogens with zero attached hydrogens (tertiary/aromatic N) is 1. The number of piperazine rings is 1. The maximum atomic E-state index is 12.6. The van der Waals surface area contributed by atoms with Crippen LogP contribution in [-0.2, 0) is 9.59 Å². The molecule has 2 atom stereocenters. The first-order valence-corrected chi connectivity index (χ1v) is 7.32. The van der Waals surface area contributed by atoms with E-state index in [9.17, 15) is 9.59 Å². The topological polar surface area (TPSA) is 49.4 Å². The standard InChI is InChI=1S/C15H22N2O2/c1-9(2)7-8-17-13(11-5-6-11)14(18)16-12(15(17)19)10-3-4-10/h7,10-13H,3-6,8H2,1-2H3,(H,16,18). The summed E-state index contributed by atoms with van der Waals surface area (Å²) in [5, 5.41) is 2.97. The molecule has 1 saturated heterocycles. The number of nitrogens with one attached hydrogen (secondary N) is 1. The number of amides is 2. The normalized spacial score (nSPS) is 31.2. The second-order valence-electron chi connectivity index (χ2n) is 6.38. The average molecular weight is 262 g/mol. The van der Waals surface area contributed by atoms with Gasteiger partial charge >= 0.3 is 0 Å². The van der Waals surface area contributed by atoms with E-state index in [0.29, 0.717) is 18.4 Å². The fourth-order valence-electron chi connectivity index (χ4n) is 2.87. The zero-order chi connectivity index (χ0) is 13.6. The molecule has 19 heavy (non-hydrogen) atoms. The van der Waals surface area contributed by atoms with Gasteiger partial charge in [0.15, 0.2) is 0 Å². The van der Waals surface area contributed by atoms with Crippen LogP contribution in [0.5, 0.6) is 0 Å². The van der Waals surface area contributed by atoms with Crippen molar-refractivity contribution in [3.63, 3.8) is 0 Å². The molecule has 4 nitrogen and oxygen atoms in total. The van der Waals surface area contributed by atoms with Gasteiger partial charge in [-0.05, 0) is 51.4 Å². The smallest absolute Gasteiger partial charge is 0.246 e. The van der Waals surface area contributed by atoms with E-state index in [1.165, 1.54) is 5.57 Å². The van der Waals surface area contributed by atoms with Crippen LogP contribution in [0.4, 0.5) is 0 Å². The van der Waals surface area contributed by atoms with Crippen LogP contribution in [0.3, 0.4) is 0 Å². The Morgan fingerprint density at radius 1 is 1.21 bits per heavy atom. The van der Waals surface area contributed by atoms with Crippen LogP contribution in [0.1, 0.15) is 39.5 Å². The molecule has 0 spiro atoms. The van der Waals surface area contributed by atoms with Crippen LogP contribution >= 0.6 is 0 Å². The molecule has 0 radical (unpaired) electrons. The first kappa shape index (κ1) is 12.7. The molecule has 0 aromatic carbocycles. The van der Waals surface area contributed by atoms with Crippen LogP contribution in [0.15, 0.2) is 11.6 Å². The molecule has 2 aliphatic carbocycles. The Morgan fingerprint density at radius 2 is 1.84 bits per heavy atom. The lowest BCUT2D eigenvalue weighted by atomic mass is 10.0. The number of hydrogen-bond donors (Lipinski definition) is 1. The van der Waals surface area contributed by atoms with Gasteiger partial charge in [0.25, 0.3) is 0 Å². The lowest BCUT2D eigenvalue weighted by Gasteiger charge is -2.39. The molecule has 1 aliphatic heterocycles. The van der Waals surface area contributed by atoms with Crippen LogP contribution in [0.25, 0.3) is 0 Å². The van der Waals surface area contributed by atoms with Crippen molar-refractivity contribution < 1.29 is 9.59 Å². The molecule has 104 valence electrons. The van der Waals surface area contributed by atoms with E-state index in [1.54, 1.807) is 0 Å². The van der Waals surface area contributed by atoms with Gasteiger partial charge in [0.05, 0.1) is 0 Å². The average Bonchev–Trinajstić information content (AvgIpc) is 3.21. The highest BCUT2D eigenvalue weighted by Gasteiger charge is 2.50. The molecule has 2 amide bonds. The summed E-state index contributed by atoms with van der Waals surface area (Å²) in [6, 6.07) is -0.480. The van der Waals surface area contributed by atoms with Gasteiger partial charge in [0.2, 0.25) is 11.8 Å². The monoisotopic (exact) mass is 262 g/mol. The minimum Gasteiger partial charge on any atom is -0.342 e. The summed E-state index contributed by atoms with van der Waals surface area (Å²) in [5.41, 5.74) is 1.19. The van der Waals surface area contributed by atoms with Crippen molar-refractivity contribution in [3.8, 4) is 0 Å². The van der Waals surface area contributed by atoms with E-state index in [2.05, 4.69) is 11.4 Å². The predicted molar refractivity (Wildman–Crippen MR) is 72.3 cm³/mol. The lowest BCUT2D eigenvalue weighted by molar-refractivity contribution is -0.150. The fraction of sp³-hybridized carbons (Fsp3) is 0.733. The molecule has 3 rings (SSSR count). The van der Waals surface area contributed by atoms with Gasteiger partial charge in [-0.2, -0.15) is 0 Å². The van der Waals surface area contributed by atoms with Crippen LogP contribution < -0.4 is 5.32 Å². The van der Waals surface area contributed by atoms with E-state index in [1.807, 2.05) is 18.7 Å². The maximum Gasteiger partial charge on any atom is 0.246 e. The van der Waals surface area contributed by atoms with Crippen molar-refractivity contribution in [1.82, 2.24) is 10.2 Å². The molecule has 4 heteroatoms. The highest BCUT2D eigenvalue weighted by molar-refractivity contribution is 5.97. The van der Waals surface area contributed by atoms with Crippen molar-refractivity contribution in [2.24, 2.45) is 11.8 Å². The summed E-state index contributed by atoms with van der Waals surface area (Å²) >= 11 is 0. The van der Waals surface area contributed by atoms with E-state index < -0.39 is 0 Å². The first-order chi connectivity index (χ1) is 9.08. The Hall–Kier alpha value is -1.32. The zero-order valence-electron chi connectivity index (χ0n) is 11.7. The summed E-state index contributed by atoms with van der Waals surface area (Å²) in [4.78, 5) is 26.7. The SMILES string of the molecule is CC(C)=CCN1C(=O)C(C2CC2)NC(=O)C1C1CC1. The summed E-state index contributed by atoms with van der Waals surface area (Å²) in [5.74, 6) is 0.970. The van der Waals surface area contributed by atoms with Crippen LogP contribution in [-0.4, -0.2) is 35.3 Å². The first-order valence-electron chi connectivity index (χ1n) is 7.32. The Bertz CT molecular complexity index is 431. The van der Waals surface area contributed by atoms with Crippen molar-refractivity contribution >= 4 is 11.8 Å². The minimum atomic E-state index is -0.256. The summed E-state index contributed by atoms with van der Waals surface area (Å²) in [7, 11) is 0. The Labute approximate surface area is 114 Å². The molecule has 1 heterocycles. The molecule has 0 aromatic rings. The number of carbonyl (C=O) groups excluding carboxylic acids is 2. The highest BCUT2D eigenvalue weighted by atomic mass is 16.2. The molecular weight excluding hydrogens is 240 g/mol. The largest absolute Gasteiger partial charge is 0.342 e. The molecule has 2 saturated carbocycles. The van der Waals surface area contributed by atoms with Gasteiger partial charge in [0, 0.05) is 6.54 Å². The van der Waals surface area contributed by atoms with Crippen molar-refractivity contribution in [2.75, 3.05) is 6.54 Å². The van der Waals surface area contributed by atoms with E-state index in [-0.39, 0.29) is 23.9 Å². The van der Waals surface area contributed by atoms with Crippen LogP contribution in [0, 0.1) is 11.8 Å².